The Morgan fingerprint density at radius 1 is 0.923 bits per heavy atom. The third-order valence-corrected chi connectivity index (χ3v) is 7.29. The number of nitrogens with one attached hydrogen (secondary N) is 1. The molecule has 0 atom stereocenters. The molecule has 6 nitrogen and oxygen atoms in total. The van der Waals surface area contributed by atoms with Gasteiger partial charge in [-0.1, -0.05) is 42.0 Å². The lowest BCUT2D eigenvalue weighted by atomic mass is 10.1. The van der Waals surface area contributed by atoms with Crippen molar-refractivity contribution in [2.45, 2.75) is 24.5 Å². The number of hydrogen-bond acceptors (Lipinski definition) is 4. The van der Waals surface area contributed by atoms with Gasteiger partial charge in [-0.3, -0.25) is 0 Å². The van der Waals surface area contributed by atoms with Crippen LogP contribution in [0.1, 0.15) is 16.7 Å². The van der Waals surface area contributed by atoms with Gasteiger partial charge in [-0.2, -0.15) is 4.31 Å². The van der Waals surface area contributed by atoms with Gasteiger partial charge in [-0.25, -0.2) is 21.6 Å². The lowest BCUT2D eigenvalue weighted by Gasteiger charge is -2.18. The van der Waals surface area contributed by atoms with Crippen molar-refractivity contribution in [2.24, 2.45) is 0 Å². The molecule has 0 heterocycles. The first-order valence-electron chi connectivity index (χ1n) is 8.17. The zero-order valence-corrected chi connectivity index (χ0v) is 16.8. The SMILES string of the molecule is Cc1ccc(S(=O)(=O)N(C)CCNS(=O)(=O)Cc2ccccc2C)cc1. The maximum atomic E-state index is 12.5. The highest BCUT2D eigenvalue weighted by molar-refractivity contribution is 7.89. The molecule has 0 aromatic heterocycles. The Kier molecular flexibility index (Phi) is 6.57. The van der Waals surface area contributed by atoms with Crippen LogP contribution in [0.15, 0.2) is 53.4 Å². The van der Waals surface area contributed by atoms with Gasteiger partial charge in [-0.05, 0) is 37.1 Å². The standard InChI is InChI=1S/C18H24N2O4S2/c1-15-8-10-18(11-9-15)26(23,24)20(3)13-12-19-25(21,22)14-17-7-5-4-6-16(17)2/h4-11,19H,12-14H2,1-3H3. The van der Waals surface area contributed by atoms with Crippen LogP contribution in [0.4, 0.5) is 0 Å². The number of sulfonamides is 2. The van der Waals surface area contributed by atoms with Crippen molar-refractivity contribution in [3.63, 3.8) is 0 Å². The van der Waals surface area contributed by atoms with Crippen LogP contribution in [0.3, 0.4) is 0 Å². The van der Waals surface area contributed by atoms with E-state index in [1.165, 1.54) is 7.05 Å². The monoisotopic (exact) mass is 396 g/mol. The number of likely N-dealkylation sites (N-methyl/N-ethyl adjacent to an activating group) is 1. The molecule has 2 aromatic carbocycles. The lowest BCUT2D eigenvalue weighted by Crippen LogP contribution is -2.36. The van der Waals surface area contributed by atoms with Crippen molar-refractivity contribution < 1.29 is 16.8 Å². The first-order chi connectivity index (χ1) is 12.1. The lowest BCUT2D eigenvalue weighted by molar-refractivity contribution is 0.469. The van der Waals surface area contributed by atoms with Crippen molar-refractivity contribution in [1.82, 2.24) is 9.03 Å². The van der Waals surface area contributed by atoms with Gasteiger partial charge in [0.05, 0.1) is 10.6 Å². The third kappa shape index (κ3) is 5.38. The summed E-state index contributed by atoms with van der Waals surface area (Å²) >= 11 is 0. The normalized spacial score (nSPS) is 12.5. The van der Waals surface area contributed by atoms with Gasteiger partial charge in [0, 0.05) is 20.1 Å². The van der Waals surface area contributed by atoms with E-state index in [1.807, 2.05) is 26.0 Å². The molecule has 0 saturated carbocycles. The van der Waals surface area contributed by atoms with Gasteiger partial charge < -0.3 is 0 Å². The summed E-state index contributed by atoms with van der Waals surface area (Å²) in [6, 6.07) is 13.8. The predicted molar refractivity (Wildman–Crippen MR) is 103 cm³/mol. The second-order valence-electron chi connectivity index (χ2n) is 6.22. The maximum absolute atomic E-state index is 12.5. The van der Waals surface area contributed by atoms with E-state index in [9.17, 15) is 16.8 Å². The van der Waals surface area contributed by atoms with Gasteiger partial charge in [0.1, 0.15) is 0 Å². The third-order valence-electron chi connectivity index (χ3n) is 4.08. The number of benzene rings is 2. The minimum absolute atomic E-state index is 0.00973. The molecule has 0 aliphatic heterocycles. The number of hydrogen-bond donors (Lipinski definition) is 1. The molecule has 142 valence electrons. The Hall–Kier alpha value is -1.74. The molecule has 0 radical (unpaired) electrons. The van der Waals surface area contributed by atoms with E-state index >= 15 is 0 Å². The molecule has 0 unspecified atom stereocenters. The fraction of sp³-hybridized carbons (Fsp3) is 0.333. The van der Waals surface area contributed by atoms with Crippen LogP contribution in [-0.4, -0.2) is 41.3 Å². The van der Waals surface area contributed by atoms with Crippen molar-refractivity contribution in [2.75, 3.05) is 20.1 Å². The summed E-state index contributed by atoms with van der Waals surface area (Å²) in [6.07, 6.45) is 0. The molecule has 8 heteroatoms. The molecule has 0 bridgehead atoms. The van der Waals surface area contributed by atoms with Crippen LogP contribution < -0.4 is 4.72 Å². The predicted octanol–water partition coefficient (Wildman–Crippen LogP) is 2.04. The van der Waals surface area contributed by atoms with Gasteiger partial charge in [0.15, 0.2) is 0 Å². The molecule has 1 N–H and O–H groups in total. The van der Waals surface area contributed by atoms with Crippen LogP contribution in [0.5, 0.6) is 0 Å². The molecule has 2 rings (SSSR count). The van der Waals surface area contributed by atoms with Crippen LogP contribution in [-0.2, 0) is 25.8 Å². The molecule has 0 saturated heterocycles. The zero-order valence-electron chi connectivity index (χ0n) is 15.1. The van der Waals surface area contributed by atoms with E-state index in [0.717, 1.165) is 21.0 Å². The largest absolute Gasteiger partial charge is 0.242 e. The highest BCUT2D eigenvalue weighted by Gasteiger charge is 2.21. The number of nitrogens with zero attached hydrogens (tertiary/aromatic N) is 1. The van der Waals surface area contributed by atoms with Crippen LogP contribution in [0.2, 0.25) is 0 Å². The summed E-state index contributed by atoms with van der Waals surface area (Å²) in [5.41, 5.74) is 2.59. The highest BCUT2D eigenvalue weighted by Crippen LogP contribution is 2.15. The average molecular weight is 397 g/mol. The van der Waals surface area contributed by atoms with E-state index in [2.05, 4.69) is 4.72 Å². The summed E-state index contributed by atoms with van der Waals surface area (Å²) < 4.78 is 53.0. The molecular weight excluding hydrogens is 372 g/mol. The molecule has 26 heavy (non-hydrogen) atoms. The van der Waals surface area contributed by atoms with Gasteiger partial charge >= 0.3 is 0 Å². The van der Waals surface area contributed by atoms with E-state index in [-0.39, 0.29) is 23.7 Å². The Bertz CT molecular complexity index is 953. The van der Waals surface area contributed by atoms with E-state index in [0.29, 0.717) is 0 Å². The fourth-order valence-corrected chi connectivity index (χ4v) is 4.81. The van der Waals surface area contributed by atoms with Crippen molar-refractivity contribution in [3.05, 3.63) is 65.2 Å². The van der Waals surface area contributed by atoms with Crippen molar-refractivity contribution >= 4 is 20.0 Å². The van der Waals surface area contributed by atoms with Gasteiger partial charge in [0.25, 0.3) is 0 Å². The number of rotatable bonds is 8. The molecule has 0 aliphatic carbocycles. The van der Waals surface area contributed by atoms with Crippen LogP contribution in [0.25, 0.3) is 0 Å². The molecule has 0 fully saturated rings. The van der Waals surface area contributed by atoms with E-state index in [4.69, 9.17) is 0 Å². The van der Waals surface area contributed by atoms with Gasteiger partial charge in [0.2, 0.25) is 20.0 Å². The summed E-state index contributed by atoms with van der Waals surface area (Å²) in [6.45, 7) is 3.79. The Morgan fingerprint density at radius 2 is 1.54 bits per heavy atom. The second kappa shape index (κ2) is 8.30. The summed E-state index contributed by atoms with van der Waals surface area (Å²) in [7, 11) is -5.75. The summed E-state index contributed by atoms with van der Waals surface area (Å²) in [5.74, 6) is -0.131. The molecule has 0 amide bonds. The minimum atomic E-state index is -3.64. The molecule has 2 aromatic rings. The van der Waals surface area contributed by atoms with Crippen LogP contribution in [0, 0.1) is 13.8 Å². The molecule has 0 aliphatic rings. The molecule has 0 spiro atoms. The van der Waals surface area contributed by atoms with Gasteiger partial charge in [-0.15, -0.1) is 0 Å². The molecular formula is C18H24N2O4S2. The fourth-order valence-electron chi connectivity index (χ4n) is 2.40. The Balaban J connectivity index is 1.95. The van der Waals surface area contributed by atoms with Crippen molar-refractivity contribution in [1.29, 1.82) is 0 Å². The Labute approximate surface area is 156 Å². The highest BCUT2D eigenvalue weighted by atomic mass is 32.2. The second-order valence-corrected chi connectivity index (χ2v) is 10.1. The average Bonchev–Trinajstić information content (AvgIpc) is 2.57. The minimum Gasteiger partial charge on any atom is -0.214 e. The summed E-state index contributed by atoms with van der Waals surface area (Å²) in [5, 5.41) is 0. The zero-order chi connectivity index (χ0) is 19.4. The quantitative estimate of drug-likeness (QED) is 0.740. The van der Waals surface area contributed by atoms with E-state index in [1.54, 1.807) is 36.4 Å². The first kappa shape index (κ1) is 20.6. The smallest absolute Gasteiger partial charge is 0.214 e. The summed E-state index contributed by atoms with van der Waals surface area (Å²) in [4.78, 5) is 0.188. The van der Waals surface area contributed by atoms with E-state index < -0.39 is 20.0 Å². The van der Waals surface area contributed by atoms with Crippen molar-refractivity contribution in [3.8, 4) is 0 Å². The first-order valence-corrected chi connectivity index (χ1v) is 11.3. The topological polar surface area (TPSA) is 83.6 Å². The Morgan fingerprint density at radius 3 is 2.15 bits per heavy atom. The van der Waals surface area contributed by atoms with Crippen LogP contribution >= 0.6 is 0 Å². The maximum Gasteiger partial charge on any atom is 0.242 e. The number of aryl methyl sites for hydroxylation is 2.